The van der Waals surface area contributed by atoms with Gasteiger partial charge >= 0.3 is 0 Å². The van der Waals surface area contributed by atoms with E-state index in [4.69, 9.17) is 9.84 Å². The summed E-state index contributed by atoms with van der Waals surface area (Å²) in [6.45, 7) is 2.46. The molecule has 1 aromatic carbocycles. The Hall–Kier alpha value is -1.99. The van der Waals surface area contributed by atoms with Crippen LogP contribution in [0.5, 0.6) is 0 Å². The third-order valence-electron chi connectivity index (χ3n) is 3.51. The molecule has 2 atom stereocenters. The number of hydrogen-bond donors (Lipinski definition) is 1. The average Bonchev–Trinajstić information content (AvgIpc) is 2.48. The summed E-state index contributed by atoms with van der Waals surface area (Å²) in [6.07, 6.45) is -0.264. The van der Waals surface area contributed by atoms with Crippen LogP contribution in [-0.2, 0) is 16.0 Å². The monoisotopic (exact) mass is 294 g/mol. The molecule has 1 aromatic rings. The summed E-state index contributed by atoms with van der Waals surface area (Å²) in [4.78, 5) is 24.3. The number of carbonyl (C=O) groups is 1. The van der Waals surface area contributed by atoms with Gasteiger partial charge in [0.05, 0.1) is 36.7 Å². The van der Waals surface area contributed by atoms with Gasteiger partial charge < -0.3 is 14.7 Å². The van der Waals surface area contributed by atoms with E-state index in [1.165, 1.54) is 12.1 Å². The first kappa shape index (κ1) is 15.4. The van der Waals surface area contributed by atoms with Crippen molar-refractivity contribution in [1.29, 1.82) is 0 Å². The molecule has 1 amide bonds. The van der Waals surface area contributed by atoms with Gasteiger partial charge in [-0.1, -0.05) is 12.1 Å². The van der Waals surface area contributed by atoms with E-state index >= 15 is 0 Å². The molecule has 1 N–H and O–H groups in total. The normalized spacial score (nSPS) is 22.1. The van der Waals surface area contributed by atoms with Crippen molar-refractivity contribution in [2.24, 2.45) is 0 Å². The highest BCUT2D eigenvalue weighted by atomic mass is 16.6. The molecule has 114 valence electrons. The number of amides is 1. The number of morpholine rings is 1. The van der Waals surface area contributed by atoms with Crippen LogP contribution in [0, 0.1) is 10.1 Å². The molecule has 1 heterocycles. The van der Waals surface area contributed by atoms with Gasteiger partial charge in [-0.15, -0.1) is 0 Å². The van der Waals surface area contributed by atoms with E-state index in [1.807, 2.05) is 6.92 Å². The maximum absolute atomic E-state index is 12.3. The van der Waals surface area contributed by atoms with Crippen LogP contribution in [0.15, 0.2) is 24.3 Å². The summed E-state index contributed by atoms with van der Waals surface area (Å²) < 4.78 is 5.39. The third-order valence-corrected chi connectivity index (χ3v) is 3.51. The van der Waals surface area contributed by atoms with Crippen molar-refractivity contribution in [2.75, 3.05) is 19.8 Å². The largest absolute Gasteiger partial charge is 0.394 e. The molecule has 7 nitrogen and oxygen atoms in total. The van der Waals surface area contributed by atoms with Crippen LogP contribution in [0.25, 0.3) is 0 Å². The highest BCUT2D eigenvalue weighted by Crippen LogP contribution is 2.17. The Bertz CT molecular complexity index is 534. The van der Waals surface area contributed by atoms with Gasteiger partial charge in [0.2, 0.25) is 5.91 Å². The molecule has 0 radical (unpaired) electrons. The number of nitrogens with zero attached hydrogens (tertiary/aromatic N) is 2. The van der Waals surface area contributed by atoms with Gasteiger partial charge in [0.15, 0.2) is 0 Å². The van der Waals surface area contributed by atoms with Gasteiger partial charge in [-0.05, 0) is 12.5 Å². The maximum Gasteiger partial charge on any atom is 0.269 e. The highest BCUT2D eigenvalue weighted by Gasteiger charge is 2.29. The van der Waals surface area contributed by atoms with E-state index in [9.17, 15) is 14.9 Å². The lowest BCUT2D eigenvalue weighted by atomic mass is 10.1. The average molecular weight is 294 g/mol. The van der Waals surface area contributed by atoms with Gasteiger partial charge in [-0.3, -0.25) is 14.9 Å². The van der Waals surface area contributed by atoms with Crippen LogP contribution < -0.4 is 0 Å². The molecule has 0 saturated carbocycles. The molecule has 0 spiro atoms. The second-order valence-electron chi connectivity index (χ2n) is 5.14. The van der Waals surface area contributed by atoms with Crippen molar-refractivity contribution in [3.63, 3.8) is 0 Å². The molecule has 7 heteroatoms. The Kier molecular flexibility index (Phi) is 4.87. The lowest BCUT2D eigenvalue weighted by Crippen LogP contribution is -2.52. The summed E-state index contributed by atoms with van der Waals surface area (Å²) >= 11 is 0. The topological polar surface area (TPSA) is 92.9 Å². The summed E-state index contributed by atoms with van der Waals surface area (Å²) in [5.74, 6) is -0.121. The van der Waals surface area contributed by atoms with Crippen LogP contribution in [-0.4, -0.2) is 52.7 Å². The number of ether oxygens (including phenoxy) is 1. The first-order chi connectivity index (χ1) is 10.0. The Morgan fingerprint density at radius 2 is 2.33 bits per heavy atom. The van der Waals surface area contributed by atoms with Crippen LogP contribution in [0.3, 0.4) is 0 Å². The summed E-state index contributed by atoms with van der Waals surface area (Å²) in [5, 5.41) is 19.9. The van der Waals surface area contributed by atoms with E-state index in [1.54, 1.807) is 17.0 Å². The quantitative estimate of drug-likeness (QED) is 0.653. The van der Waals surface area contributed by atoms with Crippen LogP contribution >= 0.6 is 0 Å². The van der Waals surface area contributed by atoms with Crippen LogP contribution in [0.4, 0.5) is 5.69 Å². The lowest BCUT2D eigenvalue weighted by molar-refractivity contribution is -0.384. The smallest absolute Gasteiger partial charge is 0.269 e. The number of nitro benzene ring substituents is 1. The molecule has 2 unspecified atom stereocenters. The van der Waals surface area contributed by atoms with Crippen molar-refractivity contribution in [1.82, 2.24) is 4.90 Å². The fourth-order valence-corrected chi connectivity index (χ4v) is 2.33. The minimum Gasteiger partial charge on any atom is -0.394 e. The first-order valence-electron chi connectivity index (χ1n) is 6.76. The number of rotatable bonds is 4. The number of nitro groups is 1. The molecule has 0 aromatic heterocycles. The molecular weight excluding hydrogens is 276 g/mol. The molecule has 21 heavy (non-hydrogen) atoms. The van der Waals surface area contributed by atoms with E-state index in [0.717, 1.165) is 0 Å². The van der Waals surface area contributed by atoms with Gasteiger partial charge in [0.25, 0.3) is 5.69 Å². The molecule has 1 fully saturated rings. The van der Waals surface area contributed by atoms with E-state index in [-0.39, 0.29) is 36.8 Å². The van der Waals surface area contributed by atoms with Gasteiger partial charge in [-0.25, -0.2) is 0 Å². The zero-order chi connectivity index (χ0) is 15.4. The summed E-state index contributed by atoms with van der Waals surface area (Å²) in [7, 11) is 0. The molecule has 0 aliphatic carbocycles. The van der Waals surface area contributed by atoms with Crippen molar-refractivity contribution in [3.8, 4) is 0 Å². The fourth-order valence-electron chi connectivity index (χ4n) is 2.33. The van der Waals surface area contributed by atoms with Gasteiger partial charge in [0.1, 0.15) is 0 Å². The Morgan fingerprint density at radius 3 is 3.00 bits per heavy atom. The van der Waals surface area contributed by atoms with Crippen molar-refractivity contribution in [3.05, 3.63) is 39.9 Å². The Labute approximate surface area is 122 Å². The number of aliphatic hydroxyl groups excluding tert-OH is 1. The Morgan fingerprint density at radius 1 is 1.57 bits per heavy atom. The Balaban J connectivity index is 2.06. The van der Waals surface area contributed by atoms with Crippen molar-refractivity contribution >= 4 is 11.6 Å². The lowest BCUT2D eigenvalue weighted by Gasteiger charge is -2.37. The minimum absolute atomic E-state index is 0.0245. The van der Waals surface area contributed by atoms with Crippen LogP contribution in [0.1, 0.15) is 12.5 Å². The molecule has 1 aliphatic heterocycles. The highest BCUT2D eigenvalue weighted by molar-refractivity contribution is 5.79. The second-order valence-corrected chi connectivity index (χ2v) is 5.14. The number of carbonyl (C=O) groups excluding carboxylic acids is 1. The standard InChI is InChI=1S/C14H18N2O5/c1-10-9-21-13(8-17)7-15(10)14(18)6-11-3-2-4-12(5-11)16(19)20/h2-5,10,13,17H,6-9H2,1H3. The summed E-state index contributed by atoms with van der Waals surface area (Å²) in [6, 6.07) is 6.00. The number of aliphatic hydroxyl groups is 1. The second kappa shape index (κ2) is 6.64. The van der Waals surface area contributed by atoms with E-state index < -0.39 is 4.92 Å². The third kappa shape index (κ3) is 3.77. The molecule has 1 aliphatic rings. The van der Waals surface area contributed by atoms with Gasteiger partial charge in [0, 0.05) is 18.7 Å². The van der Waals surface area contributed by atoms with Crippen molar-refractivity contribution in [2.45, 2.75) is 25.5 Å². The minimum atomic E-state index is -0.479. The maximum atomic E-state index is 12.3. The molecule has 0 bridgehead atoms. The molecule has 2 rings (SSSR count). The number of non-ortho nitro benzene ring substituents is 1. The molecular formula is C14H18N2O5. The number of hydrogen-bond acceptors (Lipinski definition) is 5. The summed E-state index contributed by atoms with van der Waals surface area (Å²) in [5.41, 5.74) is 0.581. The van der Waals surface area contributed by atoms with E-state index in [2.05, 4.69) is 0 Å². The zero-order valence-electron chi connectivity index (χ0n) is 11.8. The number of benzene rings is 1. The SMILES string of the molecule is CC1COC(CO)CN1C(=O)Cc1cccc([N+](=O)[O-])c1. The fraction of sp³-hybridized carbons (Fsp3) is 0.500. The van der Waals surface area contributed by atoms with Crippen molar-refractivity contribution < 1.29 is 19.6 Å². The van der Waals surface area contributed by atoms with E-state index in [0.29, 0.717) is 18.7 Å². The van der Waals surface area contributed by atoms with Crippen LogP contribution in [0.2, 0.25) is 0 Å². The predicted octanol–water partition coefficient (Wildman–Crippen LogP) is 0.745. The first-order valence-corrected chi connectivity index (χ1v) is 6.76. The predicted molar refractivity (Wildman–Crippen MR) is 74.8 cm³/mol. The zero-order valence-corrected chi connectivity index (χ0v) is 11.8. The molecule has 1 saturated heterocycles. The van der Waals surface area contributed by atoms with Gasteiger partial charge in [-0.2, -0.15) is 0 Å².